The van der Waals surface area contributed by atoms with Crippen molar-refractivity contribution in [2.45, 2.75) is 6.92 Å². The van der Waals surface area contributed by atoms with E-state index in [2.05, 4.69) is 0 Å². The first-order valence-corrected chi connectivity index (χ1v) is 6.19. The lowest BCUT2D eigenvalue weighted by molar-refractivity contribution is -0.138. The maximum absolute atomic E-state index is 11.9. The highest BCUT2D eigenvalue weighted by Gasteiger charge is 2.29. The average molecular weight is 278 g/mol. The molecule has 1 aliphatic rings. The third kappa shape index (κ3) is 2.39. The second-order valence-corrected chi connectivity index (χ2v) is 4.28. The van der Waals surface area contributed by atoms with Crippen molar-refractivity contribution >= 4 is 28.9 Å². The Bertz CT molecular complexity index is 569. The number of fused-ring (bicyclic) bond motifs is 1. The zero-order valence-electron chi connectivity index (χ0n) is 10.7. The number of anilines is 1. The fourth-order valence-corrected chi connectivity index (χ4v) is 2.05. The average Bonchev–Trinajstić information content (AvgIpc) is 2.47. The molecule has 5 nitrogen and oxygen atoms in total. The molecule has 0 bridgehead atoms. The van der Waals surface area contributed by atoms with Gasteiger partial charge in [0.05, 0.1) is 12.3 Å². The number of likely N-dealkylation sites (N-methyl/N-ethyl adjacent to an activating group) is 1. The molecule has 0 saturated heterocycles. The Labute approximate surface area is 116 Å². The van der Waals surface area contributed by atoms with Gasteiger partial charge in [-0.2, -0.15) is 0 Å². The minimum atomic E-state index is -0.579. The van der Waals surface area contributed by atoms with E-state index in [0.29, 0.717) is 5.75 Å². The zero-order chi connectivity index (χ0) is 14.0. The van der Waals surface area contributed by atoms with Crippen molar-refractivity contribution in [3.63, 3.8) is 0 Å². The van der Waals surface area contributed by atoms with E-state index in [0.717, 1.165) is 5.69 Å². The number of ether oxygens (including phenoxy) is 2. The van der Waals surface area contributed by atoms with Crippen LogP contribution in [0, 0.1) is 0 Å². The topological polar surface area (TPSA) is 64.8 Å². The Balaban J connectivity index is 2.49. The maximum Gasteiger partial charge on any atom is 0.346 e. The highest BCUT2D eigenvalue weighted by atomic mass is 32.1. The van der Waals surface area contributed by atoms with Gasteiger partial charge in [-0.3, -0.25) is 0 Å². The lowest BCUT2D eigenvalue weighted by Gasteiger charge is -2.19. The number of hydrogen-bond donors (Lipinski definition) is 1. The zero-order valence-corrected chi connectivity index (χ0v) is 11.5. The monoisotopic (exact) mass is 278 g/mol. The van der Waals surface area contributed by atoms with Crippen LogP contribution in [-0.4, -0.2) is 24.6 Å². The molecule has 0 amide bonds. The standard InChI is InChI=1S/C13H14N2O3S/c1-3-17-13(16)10-11(14)18-9-7-5-4-6-8(9)15(2)12(10)19/h4-7H,3,14H2,1-2H3. The molecule has 0 atom stereocenters. The Morgan fingerprint density at radius 3 is 2.84 bits per heavy atom. The van der Waals surface area contributed by atoms with Gasteiger partial charge in [-0.05, 0) is 19.1 Å². The van der Waals surface area contributed by atoms with Crippen molar-refractivity contribution in [1.29, 1.82) is 0 Å². The van der Waals surface area contributed by atoms with Crippen LogP contribution < -0.4 is 15.4 Å². The molecule has 1 heterocycles. The molecule has 0 unspecified atom stereocenters. The Morgan fingerprint density at radius 1 is 1.47 bits per heavy atom. The van der Waals surface area contributed by atoms with Crippen LogP contribution >= 0.6 is 12.2 Å². The van der Waals surface area contributed by atoms with Gasteiger partial charge in [-0.1, -0.05) is 24.4 Å². The molecule has 0 fully saturated rings. The van der Waals surface area contributed by atoms with Crippen LogP contribution in [0.2, 0.25) is 0 Å². The molecule has 100 valence electrons. The van der Waals surface area contributed by atoms with E-state index in [9.17, 15) is 4.79 Å². The van der Waals surface area contributed by atoms with Crippen molar-refractivity contribution < 1.29 is 14.3 Å². The molecule has 1 aromatic rings. The van der Waals surface area contributed by atoms with E-state index in [-0.39, 0.29) is 23.1 Å². The van der Waals surface area contributed by atoms with Crippen LogP contribution in [-0.2, 0) is 9.53 Å². The lowest BCUT2D eigenvalue weighted by Crippen LogP contribution is -2.31. The molecule has 0 aliphatic carbocycles. The number of hydrogen-bond acceptors (Lipinski definition) is 5. The molecule has 2 rings (SSSR count). The predicted molar refractivity (Wildman–Crippen MR) is 75.9 cm³/mol. The molecule has 6 heteroatoms. The maximum atomic E-state index is 11.9. The van der Waals surface area contributed by atoms with E-state index in [1.807, 2.05) is 18.2 Å². The highest BCUT2D eigenvalue weighted by Crippen LogP contribution is 2.32. The van der Waals surface area contributed by atoms with E-state index < -0.39 is 5.97 Å². The summed E-state index contributed by atoms with van der Waals surface area (Å²) >= 11 is 5.29. The lowest BCUT2D eigenvalue weighted by atomic mass is 10.2. The number of benzene rings is 1. The molecule has 2 N–H and O–H groups in total. The molecule has 0 spiro atoms. The summed E-state index contributed by atoms with van der Waals surface area (Å²) < 4.78 is 10.5. The van der Waals surface area contributed by atoms with Gasteiger partial charge in [0, 0.05) is 7.05 Å². The van der Waals surface area contributed by atoms with Gasteiger partial charge in [0.2, 0.25) is 5.88 Å². The SMILES string of the molecule is CCOC(=O)C1=C(N)Oc2ccccc2N(C)C1=S. The van der Waals surface area contributed by atoms with Crippen LogP contribution in [0.15, 0.2) is 35.7 Å². The predicted octanol–water partition coefficient (Wildman–Crippen LogP) is 1.58. The van der Waals surface area contributed by atoms with Crippen molar-refractivity contribution in [1.82, 2.24) is 0 Å². The first kappa shape index (κ1) is 13.4. The van der Waals surface area contributed by atoms with Gasteiger partial charge >= 0.3 is 5.97 Å². The van der Waals surface area contributed by atoms with Crippen molar-refractivity contribution in [3.05, 3.63) is 35.7 Å². The van der Waals surface area contributed by atoms with Crippen molar-refractivity contribution in [2.24, 2.45) is 5.73 Å². The van der Waals surface area contributed by atoms with E-state index >= 15 is 0 Å². The summed E-state index contributed by atoms with van der Waals surface area (Å²) in [6.07, 6.45) is 0. The minimum Gasteiger partial charge on any atom is -0.462 e. The van der Waals surface area contributed by atoms with Gasteiger partial charge in [0.15, 0.2) is 11.3 Å². The molecule has 0 aromatic heterocycles. The summed E-state index contributed by atoms with van der Waals surface area (Å²) in [5.41, 5.74) is 6.64. The van der Waals surface area contributed by atoms with Gasteiger partial charge in [-0.15, -0.1) is 0 Å². The van der Waals surface area contributed by atoms with E-state index in [1.165, 1.54) is 0 Å². The summed E-state index contributed by atoms with van der Waals surface area (Å²) in [4.78, 5) is 13.9. The molecule has 1 aromatic carbocycles. The third-order valence-corrected chi connectivity index (χ3v) is 3.17. The summed E-state index contributed by atoms with van der Waals surface area (Å²) in [5.74, 6) is -0.0749. The Hall–Kier alpha value is -2.08. The Kier molecular flexibility index (Phi) is 3.71. The molecular weight excluding hydrogens is 264 g/mol. The first-order chi connectivity index (χ1) is 9.06. The minimum absolute atomic E-state index is 0.0414. The fraction of sp³-hybridized carbons (Fsp3) is 0.231. The molecule has 19 heavy (non-hydrogen) atoms. The first-order valence-electron chi connectivity index (χ1n) is 5.78. The van der Waals surface area contributed by atoms with Crippen molar-refractivity contribution in [3.8, 4) is 5.75 Å². The number of para-hydroxylation sites is 2. The van der Waals surface area contributed by atoms with Crippen LogP contribution in [0.5, 0.6) is 5.75 Å². The summed E-state index contributed by atoms with van der Waals surface area (Å²) in [5, 5.41) is 0. The molecule has 0 saturated carbocycles. The van der Waals surface area contributed by atoms with Crippen LogP contribution in [0.4, 0.5) is 5.69 Å². The highest BCUT2D eigenvalue weighted by molar-refractivity contribution is 7.81. The number of carbonyl (C=O) groups excluding carboxylic acids is 1. The number of carbonyl (C=O) groups is 1. The second-order valence-electron chi connectivity index (χ2n) is 3.89. The van der Waals surface area contributed by atoms with Gasteiger partial charge in [0.1, 0.15) is 4.99 Å². The number of nitrogens with zero attached hydrogens (tertiary/aromatic N) is 1. The van der Waals surface area contributed by atoms with Crippen molar-refractivity contribution in [2.75, 3.05) is 18.6 Å². The van der Waals surface area contributed by atoms with Crippen LogP contribution in [0.25, 0.3) is 0 Å². The third-order valence-electron chi connectivity index (χ3n) is 2.69. The largest absolute Gasteiger partial charge is 0.462 e. The Morgan fingerprint density at radius 2 is 2.16 bits per heavy atom. The quantitative estimate of drug-likeness (QED) is 0.654. The van der Waals surface area contributed by atoms with Crippen LogP contribution in [0.1, 0.15) is 6.92 Å². The number of nitrogens with two attached hydrogens (primary N) is 1. The van der Waals surface area contributed by atoms with Gasteiger partial charge in [-0.25, -0.2) is 4.79 Å². The van der Waals surface area contributed by atoms with E-state index in [1.54, 1.807) is 24.9 Å². The fourth-order valence-electron chi connectivity index (χ4n) is 1.76. The molecular formula is C13H14N2O3S. The number of rotatable bonds is 2. The van der Waals surface area contributed by atoms with Gasteiger partial charge < -0.3 is 20.1 Å². The summed E-state index contributed by atoms with van der Waals surface area (Å²) in [6.45, 7) is 1.96. The smallest absolute Gasteiger partial charge is 0.346 e. The van der Waals surface area contributed by atoms with Crippen LogP contribution in [0.3, 0.4) is 0 Å². The molecule has 1 aliphatic heterocycles. The molecule has 0 radical (unpaired) electrons. The van der Waals surface area contributed by atoms with Gasteiger partial charge in [0.25, 0.3) is 0 Å². The normalized spacial score (nSPS) is 14.6. The number of thiocarbonyl (C=S) groups is 1. The summed E-state index contributed by atoms with van der Waals surface area (Å²) in [7, 11) is 1.75. The number of esters is 1. The van der Waals surface area contributed by atoms with E-state index in [4.69, 9.17) is 27.4 Å². The summed E-state index contributed by atoms with van der Waals surface area (Å²) in [6, 6.07) is 7.27. The second kappa shape index (κ2) is 5.27.